The maximum atomic E-state index is 12.1. The Balaban J connectivity index is 1.74. The number of benzene rings is 2. The van der Waals surface area contributed by atoms with Gasteiger partial charge in [0.1, 0.15) is 5.02 Å². The minimum atomic E-state index is -0.797. The van der Waals surface area contributed by atoms with E-state index in [1.807, 2.05) is 0 Å². The number of halogens is 1. The smallest absolute Gasteiger partial charge is 0.331 e. The predicted molar refractivity (Wildman–Crippen MR) is 104 cm³/mol. The third kappa shape index (κ3) is 4.24. The van der Waals surface area contributed by atoms with Gasteiger partial charge in [-0.3, -0.25) is 14.9 Å². The highest BCUT2D eigenvalue weighted by Crippen LogP contribution is 2.25. The Bertz CT molecular complexity index is 1160. The Labute approximate surface area is 163 Å². The lowest BCUT2D eigenvalue weighted by molar-refractivity contribution is -0.384. The Kier molecular flexibility index (Phi) is 5.51. The van der Waals surface area contributed by atoms with Crippen LogP contribution in [0.15, 0.2) is 53.3 Å². The van der Waals surface area contributed by atoms with Crippen LogP contribution in [0.4, 0.5) is 5.69 Å². The molecule has 8 nitrogen and oxygen atoms in total. The molecule has 0 radical (unpaired) electrons. The highest BCUT2D eigenvalue weighted by molar-refractivity contribution is 6.32. The summed E-state index contributed by atoms with van der Waals surface area (Å²) < 4.78 is 5.25. The third-order valence-corrected chi connectivity index (χ3v) is 4.21. The number of aromatic amines is 1. The summed E-state index contributed by atoms with van der Waals surface area (Å²) in [4.78, 5) is 41.3. The second-order valence-corrected chi connectivity index (χ2v) is 6.26. The van der Waals surface area contributed by atoms with Crippen LogP contribution in [0.5, 0.6) is 0 Å². The summed E-state index contributed by atoms with van der Waals surface area (Å²) in [6.45, 7) is 1.58. The first kappa shape index (κ1) is 19.2. The molecule has 0 spiro atoms. The standard InChI is InChI=1S/C19H14ClN3O5/c1-11(18-21-15-5-3-2-4-13(15)19(25)22-18)28-17(24)9-7-12-6-8-14(20)16(10-12)23(26)27/h2-11H,1H3,(H,21,22,25)/b9-7+. The molecule has 1 N–H and O–H groups in total. The molecule has 9 heteroatoms. The number of carbonyl (C=O) groups excluding carboxylic acids is 1. The number of esters is 1. The summed E-state index contributed by atoms with van der Waals surface area (Å²) in [6, 6.07) is 11.0. The molecule has 0 aliphatic heterocycles. The van der Waals surface area contributed by atoms with Crippen molar-refractivity contribution < 1.29 is 14.5 Å². The normalized spacial score (nSPS) is 12.2. The average molecular weight is 400 g/mol. The van der Waals surface area contributed by atoms with Gasteiger partial charge in [0.05, 0.1) is 15.8 Å². The van der Waals surface area contributed by atoms with Crippen molar-refractivity contribution in [2.24, 2.45) is 0 Å². The quantitative estimate of drug-likeness (QED) is 0.302. The van der Waals surface area contributed by atoms with E-state index in [1.54, 1.807) is 31.2 Å². The van der Waals surface area contributed by atoms with Gasteiger partial charge < -0.3 is 9.72 Å². The van der Waals surface area contributed by atoms with Crippen molar-refractivity contribution in [1.29, 1.82) is 0 Å². The second-order valence-electron chi connectivity index (χ2n) is 5.85. The van der Waals surface area contributed by atoms with Crippen molar-refractivity contribution in [3.05, 3.63) is 85.4 Å². The Morgan fingerprint density at radius 3 is 2.82 bits per heavy atom. The zero-order valence-electron chi connectivity index (χ0n) is 14.6. The number of ether oxygens (including phenoxy) is 1. The van der Waals surface area contributed by atoms with Gasteiger partial charge in [-0.05, 0) is 36.8 Å². The van der Waals surface area contributed by atoms with E-state index in [4.69, 9.17) is 16.3 Å². The Morgan fingerprint density at radius 1 is 1.32 bits per heavy atom. The van der Waals surface area contributed by atoms with Crippen LogP contribution in [-0.4, -0.2) is 20.9 Å². The molecule has 142 valence electrons. The number of fused-ring (bicyclic) bond motifs is 1. The minimum absolute atomic E-state index is 0.00433. The molecule has 0 saturated carbocycles. The van der Waals surface area contributed by atoms with Crippen molar-refractivity contribution in [2.75, 3.05) is 0 Å². The van der Waals surface area contributed by atoms with Crippen LogP contribution in [0.25, 0.3) is 17.0 Å². The predicted octanol–water partition coefficient (Wildman–Crippen LogP) is 3.80. The van der Waals surface area contributed by atoms with Crippen molar-refractivity contribution in [1.82, 2.24) is 9.97 Å². The number of nitrogens with zero attached hydrogens (tertiary/aromatic N) is 2. The van der Waals surface area contributed by atoms with Crippen molar-refractivity contribution in [2.45, 2.75) is 13.0 Å². The minimum Gasteiger partial charge on any atom is -0.451 e. The van der Waals surface area contributed by atoms with Gasteiger partial charge in [-0.1, -0.05) is 29.8 Å². The third-order valence-electron chi connectivity index (χ3n) is 3.89. The van der Waals surface area contributed by atoms with E-state index in [2.05, 4.69) is 9.97 Å². The highest BCUT2D eigenvalue weighted by atomic mass is 35.5. The summed E-state index contributed by atoms with van der Waals surface area (Å²) in [5, 5.41) is 11.3. The van der Waals surface area contributed by atoms with Gasteiger partial charge in [0.2, 0.25) is 0 Å². The van der Waals surface area contributed by atoms with Gasteiger partial charge in [-0.15, -0.1) is 0 Å². The molecule has 28 heavy (non-hydrogen) atoms. The first-order chi connectivity index (χ1) is 13.3. The first-order valence-electron chi connectivity index (χ1n) is 8.17. The zero-order valence-corrected chi connectivity index (χ0v) is 15.3. The number of para-hydroxylation sites is 1. The first-order valence-corrected chi connectivity index (χ1v) is 8.54. The molecule has 1 heterocycles. The van der Waals surface area contributed by atoms with Crippen LogP contribution in [0.3, 0.4) is 0 Å². The fourth-order valence-corrected chi connectivity index (χ4v) is 2.69. The van der Waals surface area contributed by atoms with Crippen molar-refractivity contribution in [3.8, 4) is 0 Å². The number of carbonyl (C=O) groups is 1. The van der Waals surface area contributed by atoms with E-state index in [-0.39, 0.29) is 22.1 Å². The molecule has 0 amide bonds. The largest absolute Gasteiger partial charge is 0.451 e. The van der Waals surface area contributed by atoms with Crippen molar-refractivity contribution in [3.63, 3.8) is 0 Å². The van der Waals surface area contributed by atoms with Crippen LogP contribution in [0.1, 0.15) is 24.4 Å². The van der Waals surface area contributed by atoms with E-state index in [0.29, 0.717) is 16.5 Å². The van der Waals surface area contributed by atoms with Crippen molar-refractivity contribution >= 4 is 40.2 Å². The number of nitrogens with one attached hydrogen (secondary N) is 1. The number of hydrogen-bond donors (Lipinski definition) is 1. The van der Waals surface area contributed by atoms with Gasteiger partial charge in [-0.2, -0.15) is 0 Å². The molecule has 1 unspecified atom stereocenters. The van der Waals surface area contributed by atoms with Crippen LogP contribution in [0, 0.1) is 10.1 Å². The molecule has 2 aromatic carbocycles. The molecule has 1 aromatic heterocycles. The number of H-pyrrole nitrogens is 1. The molecule has 0 saturated heterocycles. The van der Waals surface area contributed by atoms with E-state index >= 15 is 0 Å². The number of rotatable bonds is 5. The fourth-order valence-electron chi connectivity index (χ4n) is 2.50. The average Bonchev–Trinajstić information content (AvgIpc) is 2.67. The maximum Gasteiger partial charge on any atom is 0.331 e. The summed E-state index contributed by atoms with van der Waals surface area (Å²) in [7, 11) is 0. The zero-order chi connectivity index (χ0) is 20.3. The Morgan fingerprint density at radius 2 is 2.07 bits per heavy atom. The number of nitro groups is 1. The summed E-state index contributed by atoms with van der Waals surface area (Å²) in [5.74, 6) is -0.478. The molecule has 0 aliphatic rings. The topological polar surface area (TPSA) is 115 Å². The fraction of sp³-hybridized carbons (Fsp3) is 0.105. The Hall–Kier alpha value is -3.52. The highest BCUT2D eigenvalue weighted by Gasteiger charge is 2.15. The van der Waals surface area contributed by atoms with Gasteiger partial charge in [0.25, 0.3) is 11.2 Å². The maximum absolute atomic E-state index is 12.1. The second kappa shape index (κ2) is 8.01. The SMILES string of the molecule is CC(OC(=O)/C=C/c1ccc(Cl)c([N+](=O)[O-])c1)c1nc2ccccc2c(=O)[nH]1. The van der Waals surface area contributed by atoms with Gasteiger partial charge in [0.15, 0.2) is 11.9 Å². The molecular formula is C19H14ClN3O5. The molecule has 0 fully saturated rings. The summed E-state index contributed by atoms with van der Waals surface area (Å²) in [5.41, 5.74) is 0.321. The number of nitro benzene ring substituents is 1. The molecule has 0 bridgehead atoms. The lowest BCUT2D eigenvalue weighted by atomic mass is 10.2. The van der Waals surface area contributed by atoms with E-state index in [9.17, 15) is 19.7 Å². The number of aromatic nitrogens is 2. The van der Waals surface area contributed by atoms with E-state index < -0.39 is 17.0 Å². The molecule has 3 aromatic rings. The van der Waals surface area contributed by atoms with Gasteiger partial charge >= 0.3 is 5.97 Å². The van der Waals surface area contributed by atoms with Crippen LogP contribution < -0.4 is 5.56 Å². The lowest BCUT2D eigenvalue weighted by Crippen LogP contribution is -2.16. The van der Waals surface area contributed by atoms with Crippen LogP contribution in [-0.2, 0) is 9.53 Å². The van der Waals surface area contributed by atoms with Crippen LogP contribution in [0.2, 0.25) is 5.02 Å². The van der Waals surface area contributed by atoms with Crippen LogP contribution >= 0.6 is 11.6 Å². The summed E-state index contributed by atoms with van der Waals surface area (Å²) in [6.07, 6.45) is 1.70. The number of hydrogen-bond acceptors (Lipinski definition) is 6. The lowest BCUT2D eigenvalue weighted by Gasteiger charge is -2.11. The summed E-state index contributed by atoms with van der Waals surface area (Å²) >= 11 is 5.75. The van der Waals surface area contributed by atoms with Gasteiger partial charge in [0, 0.05) is 12.1 Å². The monoisotopic (exact) mass is 399 g/mol. The molecular weight excluding hydrogens is 386 g/mol. The van der Waals surface area contributed by atoms with E-state index in [0.717, 1.165) is 6.08 Å². The van der Waals surface area contributed by atoms with Gasteiger partial charge in [-0.25, -0.2) is 9.78 Å². The molecule has 3 rings (SSSR count). The molecule has 1 atom stereocenters. The molecule has 0 aliphatic carbocycles. The van der Waals surface area contributed by atoms with E-state index in [1.165, 1.54) is 24.3 Å².